The summed E-state index contributed by atoms with van der Waals surface area (Å²) in [6.07, 6.45) is 2.20. The number of benzene rings is 2. The van der Waals surface area contributed by atoms with Crippen molar-refractivity contribution in [3.8, 4) is 5.75 Å². The summed E-state index contributed by atoms with van der Waals surface area (Å²) >= 11 is 0. The van der Waals surface area contributed by atoms with Gasteiger partial charge in [0, 0.05) is 39.0 Å². The standard InChI is InChI=1S/C22H30N2O2/c1-22(26-3)12-14-24(15-13-22)17-19-4-8-20(9-5-19)23-16-18-6-10-21(25-2)11-7-18/h4-11,23H,12-17H2,1-3H3. The van der Waals surface area contributed by atoms with Crippen LogP contribution < -0.4 is 10.1 Å². The van der Waals surface area contributed by atoms with Crippen molar-refractivity contribution in [2.45, 2.75) is 38.5 Å². The van der Waals surface area contributed by atoms with Crippen LogP contribution in [0, 0.1) is 0 Å². The summed E-state index contributed by atoms with van der Waals surface area (Å²) in [6, 6.07) is 16.9. The van der Waals surface area contributed by atoms with Gasteiger partial charge in [-0.15, -0.1) is 0 Å². The van der Waals surface area contributed by atoms with E-state index in [-0.39, 0.29) is 5.60 Å². The van der Waals surface area contributed by atoms with Crippen LogP contribution in [0.3, 0.4) is 0 Å². The van der Waals surface area contributed by atoms with Gasteiger partial charge < -0.3 is 14.8 Å². The third-order valence-corrected chi connectivity index (χ3v) is 5.42. The van der Waals surface area contributed by atoms with Gasteiger partial charge in [-0.25, -0.2) is 0 Å². The zero-order valence-corrected chi connectivity index (χ0v) is 16.1. The highest BCUT2D eigenvalue weighted by atomic mass is 16.5. The van der Waals surface area contributed by atoms with Crippen LogP contribution in [0.5, 0.6) is 5.75 Å². The highest BCUT2D eigenvalue weighted by Crippen LogP contribution is 2.26. The van der Waals surface area contributed by atoms with E-state index in [9.17, 15) is 0 Å². The molecule has 3 rings (SSSR count). The molecule has 0 atom stereocenters. The average molecular weight is 354 g/mol. The van der Waals surface area contributed by atoms with E-state index in [1.54, 1.807) is 7.11 Å². The molecule has 0 aromatic heterocycles. The summed E-state index contributed by atoms with van der Waals surface area (Å²) in [5, 5.41) is 3.48. The summed E-state index contributed by atoms with van der Waals surface area (Å²) < 4.78 is 10.8. The monoisotopic (exact) mass is 354 g/mol. The minimum atomic E-state index is 0.0612. The number of anilines is 1. The molecule has 0 aliphatic carbocycles. The van der Waals surface area contributed by atoms with E-state index in [2.05, 4.69) is 53.5 Å². The van der Waals surface area contributed by atoms with E-state index in [4.69, 9.17) is 9.47 Å². The van der Waals surface area contributed by atoms with Crippen molar-refractivity contribution in [3.63, 3.8) is 0 Å². The lowest BCUT2D eigenvalue weighted by atomic mass is 9.93. The molecular formula is C22H30N2O2. The Bertz CT molecular complexity index is 674. The van der Waals surface area contributed by atoms with Crippen molar-refractivity contribution < 1.29 is 9.47 Å². The molecule has 4 heteroatoms. The van der Waals surface area contributed by atoms with Crippen molar-refractivity contribution in [2.75, 3.05) is 32.6 Å². The smallest absolute Gasteiger partial charge is 0.118 e. The number of nitrogens with one attached hydrogen (secondary N) is 1. The number of piperidine rings is 1. The van der Waals surface area contributed by atoms with Gasteiger partial charge in [0.1, 0.15) is 5.75 Å². The van der Waals surface area contributed by atoms with Gasteiger partial charge >= 0.3 is 0 Å². The van der Waals surface area contributed by atoms with Gasteiger partial charge in [-0.3, -0.25) is 4.90 Å². The van der Waals surface area contributed by atoms with Gasteiger partial charge in [0.05, 0.1) is 12.7 Å². The van der Waals surface area contributed by atoms with Crippen LogP contribution in [0.25, 0.3) is 0 Å². The lowest BCUT2D eigenvalue weighted by Crippen LogP contribution is -2.43. The largest absolute Gasteiger partial charge is 0.497 e. The van der Waals surface area contributed by atoms with Gasteiger partial charge in [-0.1, -0.05) is 24.3 Å². The number of methoxy groups -OCH3 is 2. The van der Waals surface area contributed by atoms with E-state index in [0.717, 1.165) is 50.5 Å². The molecule has 0 saturated carbocycles. The Morgan fingerprint density at radius 3 is 2.12 bits per heavy atom. The number of nitrogens with zero attached hydrogens (tertiary/aromatic N) is 1. The highest BCUT2D eigenvalue weighted by molar-refractivity contribution is 5.45. The van der Waals surface area contributed by atoms with Crippen molar-refractivity contribution in [2.24, 2.45) is 0 Å². The van der Waals surface area contributed by atoms with Gasteiger partial charge in [0.2, 0.25) is 0 Å². The maximum Gasteiger partial charge on any atom is 0.118 e. The third kappa shape index (κ3) is 4.99. The fraction of sp³-hybridized carbons (Fsp3) is 0.455. The molecule has 0 spiro atoms. The molecule has 4 nitrogen and oxygen atoms in total. The van der Waals surface area contributed by atoms with E-state index in [0.29, 0.717) is 0 Å². The van der Waals surface area contributed by atoms with Crippen molar-refractivity contribution >= 4 is 5.69 Å². The zero-order valence-electron chi connectivity index (χ0n) is 16.1. The van der Waals surface area contributed by atoms with Gasteiger partial charge in [-0.2, -0.15) is 0 Å². The number of likely N-dealkylation sites (tertiary alicyclic amines) is 1. The molecule has 1 aliphatic rings. The predicted molar refractivity (Wildman–Crippen MR) is 107 cm³/mol. The van der Waals surface area contributed by atoms with Crippen LogP contribution in [0.2, 0.25) is 0 Å². The van der Waals surface area contributed by atoms with Crippen LogP contribution in [-0.2, 0) is 17.8 Å². The van der Waals surface area contributed by atoms with Crippen LogP contribution in [0.4, 0.5) is 5.69 Å². The molecule has 1 N–H and O–H groups in total. The number of rotatable bonds is 7. The molecule has 2 aromatic rings. The first-order valence-corrected chi connectivity index (χ1v) is 9.33. The Labute approximate surface area is 157 Å². The first-order valence-electron chi connectivity index (χ1n) is 9.33. The van der Waals surface area contributed by atoms with Crippen molar-refractivity contribution in [1.29, 1.82) is 0 Å². The minimum absolute atomic E-state index is 0.0612. The Balaban J connectivity index is 1.47. The molecule has 0 bridgehead atoms. The highest BCUT2D eigenvalue weighted by Gasteiger charge is 2.29. The van der Waals surface area contributed by atoms with E-state index in [1.807, 2.05) is 19.2 Å². The van der Waals surface area contributed by atoms with Crippen LogP contribution >= 0.6 is 0 Å². The summed E-state index contributed by atoms with van der Waals surface area (Å²) in [7, 11) is 3.52. The molecule has 140 valence electrons. The summed E-state index contributed by atoms with van der Waals surface area (Å²) in [5.74, 6) is 0.890. The first-order chi connectivity index (χ1) is 12.6. The fourth-order valence-electron chi connectivity index (χ4n) is 3.32. The summed E-state index contributed by atoms with van der Waals surface area (Å²) in [4.78, 5) is 2.51. The number of ether oxygens (including phenoxy) is 2. The van der Waals surface area contributed by atoms with Gasteiger partial charge in [0.25, 0.3) is 0 Å². The molecule has 1 fully saturated rings. The van der Waals surface area contributed by atoms with E-state index >= 15 is 0 Å². The van der Waals surface area contributed by atoms with Gasteiger partial charge in [-0.05, 0) is 55.2 Å². The molecular weight excluding hydrogens is 324 g/mol. The molecule has 1 saturated heterocycles. The Morgan fingerprint density at radius 2 is 1.54 bits per heavy atom. The molecule has 0 amide bonds. The minimum Gasteiger partial charge on any atom is -0.497 e. The average Bonchev–Trinajstić information content (AvgIpc) is 2.70. The SMILES string of the molecule is COc1ccc(CNc2ccc(CN3CCC(C)(OC)CC3)cc2)cc1. The normalized spacial score (nSPS) is 17.0. The van der Waals surface area contributed by atoms with Crippen molar-refractivity contribution in [3.05, 3.63) is 59.7 Å². The predicted octanol–water partition coefficient (Wildman–Crippen LogP) is 4.31. The van der Waals surface area contributed by atoms with Crippen LogP contribution in [-0.4, -0.2) is 37.8 Å². The lowest BCUT2D eigenvalue weighted by molar-refractivity contribution is -0.0440. The van der Waals surface area contributed by atoms with E-state index < -0.39 is 0 Å². The maximum absolute atomic E-state index is 5.63. The third-order valence-electron chi connectivity index (χ3n) is 5.42. The van der Waals surface area contributed by atoms with Crippen molar-refractivity contribution in [1.82, 2.24) is 4.90 Å². The second-order valence-corrected chi connectivity index (χ2v) is 7.33. The Hall–Kier alpha value is -2.04. The second-order valence-electron chi connectivity index (χ2n) is 7.33. The van der Waals surface area contributed by atoms with Crippen LogP contribution in [0.15, 0.2) is 48.5 Å². The van der Waals surface area contributed by atoms with E-state index in [1.165, 1.54) is 11.1 Å². The fourth-order valence-corrected chi connectivity index (χ4v) is 3.32. The lowest BCUT2D eigenvalue weighted by Gasteiger charge is -2.38. The second kappa shape index (κ2) is 8.56. The Kier molecular flexibility index (Phi) is 6.17. The molecule has 1 aliphatic heterocycles. The van der Waals surface area contributed by atoms with Gasteiger partial charge in [0.15, 0.2) is 0 Å². The first kappa shape index (κ1) is 18.7. The van der Waals surface area contributed by atoms with Crippen LogP contribution in [0.1, 0.15) is 30.9 Å². The quantitative estimate of drug-likeness (QED) is 0.803. The zero-order chi connectivity index (χ0) is 18.4. The molecule has 0 unspecified atom stereocenters. The Morgan fingerprint density at radius 1 is 0.923 bits per heavy atom. The summed E-state index contributed by atoms with van der Waals surface area (Å²) in [5.41, 5.74) is 3.81. The molecule has 0 radical (unpaired) electrons. The number of hydrogen-bond acceptors (Lipinski definition) is 4. The molecule has 26 heavy (non-hydrogen) atoms. The maximum atomic E-state index is 5.63. The molecule has 1 heterocycles. The topological polar surface area (TPSA) is 33.7 Å². The summed E-state index contributed by atoms with van der Waals surface area (Å²) in [6.45, 7) is 6.24. The molecule has 2 aromatic carbocycles. The number of hydrogen-bond donors (Lipinski definition) is 1.